The minimum Gasteiger partial charge on any atom is -0.224 e. The molecule has 0 amide bonds. The van der Waals surface area contributed by atoms with E-state index in [1.165, 1.54) is 6.07 Å². The van der Waals surface area contributed by atoms with Crippen LogP contribution >= 0.6 is 0 Å². The molecule has 0 bridgehead atoms. The van der Waals surface area contributed by atoms with Crippen molar-refractivity contribution in [1.82, 2.24) is 0 Å². The number of hydrogen-bond acceptors (Lipinski definition) is 2. The second-order valence-electron chi connectivity index (χ2n) is 3.75. The summed E-state index contributed by atoms with van der Waals surface area (Å²) in [5, 5.41) is 0. The van der Waals surface area contributed by atoms with Crippen molar-refractivity contribution in [3.8, 4) is 11.1 Å². The fraction of sp³-hybridized carbons (Fsp3) is 0.0769. The van der Waals surface area contributed by atoms with E-state index in [1.54, 1.807) is 30.3 Å². The van der Waals surface area contributed by atoms with Crippen LogP contribution in [-0.2, 0) is 9.84 Å². The lowest BCUT2D eigenvalue weighted by atomic mass is 10.1. The van der Waals surface area contributed by atoms with Gasteiger partial charge in [0, 0.05) is 11.8 Å². The van der Waals surface area contributed by atoms with Crippen LogP contribution in [0.25, 0.3) is 11.1 Å². The van der Waals surface area contributed by atoms with Crippen LogP contribution < -0.4 is 0 Å². The lowest BCUT2D eigenvalue weighted by molar-refractivity contribution is 0.572. The van der Waals surface area contributed by atoms with Gasteiger partial charge in [0.15, 0.2) is 9.84 Å². The monoisotopic (exact) mass is 250 g/mol. The molecule has 0 aliphatic heterocycles. The van der Waals surface area contributed by atoms with E-state index in [4.69, 9.17) is 0 Å². The molecule has 0 aliphatic carbocycles. The molecule has 4 heteroatoms. The average molecular weight is 250 g/mol. The highest BCUT2D eigenvalue weighted by Crippen LogP contribution is 2.29. The SMILES string of the molecule is CS(=O)(=O)c1c(F)cccc1-c1ccccc1. The maximum absolute atomic E-state index is 13.7. The van der Waals surface area contributed by atoms with Gasteiger partial charge in [0.25, 0.3) is 0 Å². The molecular formula is C13H11FO2S. The molecule has 0 saturated heterocycles. The van der Waals surface area contributed by atoms with E-state index in [0.29, 0.717) is 11.1 Å². The van der Waals surface area contributed by atoms with Gasteiger partial charge < -0.3 is 0 Å². The van der Waals surface area contributed by atoms with E-state index in [1.807, 2.05) is 6.07 Å². The van der Waals surface area contributed by atoms with E-state index in [9.17, 15) is 12.8 Å². The molecule has 0 unspecified atom stereocenters. The van der Waals surface area contributed by atoms with Crippen LogP contribution in [0.3, 0.4) is 0 Å². The first-order valence-corrected chi connectivity index (χ1v) is 6.93. The Morgan fingerprint density at radius 1 is 0.941 bits per heavy atom. The van der Waals surface area contributed by atoms with Gasteiger partial charge in [-0.3, -0.25) is 0 Å². The van der Waals surface area contributed by atoms with Crippen molar-refractivity contribution in [3.63, 3.8) is 0 Å². The predicted molar refractivity (Wildman–Crippen MR) is 64.9 cm³/mol. The first-order valence-electron chi connectivity index (χ1n) is 5.04. The highest BCUT2D eigenvalue weighted by molar-refractivity contribution is 7.90. The molecule has 2 nitrogen and oxygen atoms in total. The lowest BCUT2D eigenvalue weighted by Gasteiger charge is -2.08. The van der Waals surface area contributed by atoms with Crippen molar-refractivity contribution >= 4 is 9.84 Å². The molecule has 0 aromatic heterocycles. The second kappa shape index (κ2) is 4.30. The van der Waals surface area contributed by atoms with E-state index in [0.717, 1.165) is 12.3 Å². The summed E-state index contributed by atoms with van der Waals surface area (Å²) in [5.41, 5.74) is 1.08. The Kier molecular flexibility index (Phi) is 2.98. The molecule has 0 fully saturated rings. The molecule has 88 valence electrons. The molecule has 0 spiro atoms. The summed E-state index contributed by atoms with van der Waals surface area (Å²) in [6.07, 6.45) is 1.01. The lowest BCUT2D eigenvalue weighted by Crippen LogP contribution is -2.03. The Hall–Kier alpha value is -1.68. The Morgan fingerprint density at radius 2 is 1.59 bits per heavy atom. The summed E-state index contributed by atoms with van der Waals surface area (Å²) < 4.78 is 36.9. The Morgan fingerprint density at radius 3 is 2.18 bits per heavy atom. The largest absolute Gasteiger partial charge is 0.224 e. The van der Waals surface area contributed by atoms with Gasteiger partial charge in [-0.25, -0.2) is 12.8 Å². The van der Waals surface area contributed by atoms with Crippen LogP contribution in [0.15, 0.2) is 53.4 Å². The topological polar surface area (TPSA) is 34.1 Å². The van der Waals surface area contributed by atoms with E-state index >= 15 is 0 Å². The third-order valence-electron chi connectivity index (χ3n) is 2.42. The summed E-state index contributed by atoms with van der Waals surface area (Å²) in [6, 6.07) is 13.2. The van der Waals surface area contributed by atoms with Gasteiger partial charge in [0.05, 0.1) is 0 Å². The fourth-order valence-electron chi connectivity index (χ4n) is 1.73. The summed E-state index contributed by atoms with van der Waals surface area (Å²) in [5.74, 6) is -0.714. The van der Waals surface area contributed by atoms with E-state index in [-0.39, 0.29) is 4.90 Å². The van der Waals surface area contributed by atoms with E-state index in [2.05, 4.69) is 0 Å². The van der Waals surface area contributed by atoms with Gasteiger partial charge in [0.1, 0.15) is 10.7 Å². The molecule has 0 saturated carbocycles. The van der Waals surface area contributed by atoms with Gasteiger partial charge in [-0.15, -0.1) is 0 Å². The molecule has 2 aromatic carbocycles. The molecule has 2 aromatic rings. The molecule has 0 heterocycles. The third kappa shape index (κ3) is 2.36. The number of rotatable bonds is 2. The normalized spacial score (nSPS) is 11.4. The van der Waals surface area contributed by atoms with Gasteiger partial charge in [-0.2, -0.15) is 0 Å². The van der Waals surface area contributed by atoms with Crippen molar-refractivity contribution in [3.05, 3.63) is 54.3 Å². The molecular weight excluding hydrogens is 239 g/mol. The Bertz CT molecular complexity index is 634. The van der Waals surface area contributed by atoms with Gasteiger partial charge in [-0.05, 0) is 11.6 Å². The predicted octanol–water partition coefficient (Wildman–Crippen LogP) is 2.90. The van der Waals surface area contributed by atoms with Crippen molar-refractivity contribution in [2.24, 2.45) is 0 Å². The van der Waals surface area contributed by atoms with Gasteiger partial charge >= 0.3 is 0 Å². The highest BCUT2D eigenvalue weighted by Gasteiger charge is 2.19. The zero-order valence-corrected chi connectivity index (χ0v) is 10.0. The number of hydrogen-bond donors (Lipinski definition) is 0. The smallest absolute Gasteiger partial charge is 0.179 e. The third-order valence-corrected chi connectivity index (χ3v) is 3.58. The van der Waals surface area contributed by atoms with Crippen LogP contribution in [-0.4, -0.2) is 14.7 Å². The number of sulfone groups is 1. The minimum absolute atomic E-state index is 0.244. The molecule has 0 N–H and O–H groups in total. The van der Waals surface area contributed by atoms with Gasteiger partial charge in [-0.1, -0.05) is 42.5 Å². The average Bonchev–Trinajstić information content (AvgIpc) is 2.28. The van der Waals surface area contributed by atoms with Crippen molar-refractivity contribution in [1.29, 1.82) is 0 Å². The first-order chi connectivity index (χ1) is 8.00. The van der Waals surface area contributed by atoms with Crippen LogP contribution in [0, 0.1) is 5.82 Å². The zero-order chi connectivity index (χ0) is 12.5. The number of halogens is 1. The quantitative estimate of drug-likeness (QED) is 0.821. The van der Waals surface area contributed by atoms with Crippen LogP contribution in [0.5, 0.6) is 0 Å². The highest BCUT2D eigenvalue weighted by atomic mass is 32.2. The fourth-order valence-corrected chi connectivity index (χ4v) is 2.74. The molecule has 0 radical (unpaired) electrons. The van der Waals surface area contributed by atoms with Crippen LogP contribution in [0.1, 0.15) is 0 Å². The first kappa shape index (κ1) is 11.8. The number of benzene rings is 2. The van der Waals surface area contributed by atoms with Crippen molar-refractivity contribution in [2.75, 3.05) is 6.26 Å². The summed E-state index contributed by atoms with van der Waals surface area (Å²) in [6.45, 7) is 0. The second-order valence-corrected chi connectivity index (χ2v) is 5.71. The molecule has 0 aliphatic rings. The van der Waals surface area contributed by atoms with Crippen LogP contribution in [0.4, 0.5) is 4.39 Å². The molecule has 2 rings (SSSR count). The zero-order valence-electron chi connectivity index (χ0n) is 9.22. The Labute approximate surface area is 99.6 Å². The van der Waals surface area contributed by atoms with Gasteiger partial charge in [0.2, 0.25) is 0 Å². The van der Waals surface area contributed by atoms with Crippen LogP contribution in [0.2, 0.25) is 0 Å². The maximum atomic E-state index is 13.7. The standard InChI is InChI=1S/C13H11FO2S/c1-17(15,16)13-11(8-5-9-12(13)14)10-6-3-2-4-7-10/h2-9H,1H3. The maximum Gasteiger partial charge on any atom is 0.179 e. The Balaban J connectivity index is 2.76. The minimum atomic E-state index is -3.59. The van der Waals surface area contributed by atoms with E-state index < -0.39 is 15.7 Å². The molecule has 17 heavy (non-hydrogen) atoms. The molecule has 0 atom stereocenters. The van der Waals surface area contributed by atoms with Crippen molar-refractivity contribution in [2.45, 2.75) is 4.90 Å². The summed E-state index contributed by atoms with van der Waals surface area (Å²) >= 11 is 0. The van der Waals surface area contributed by atoms with Crippen molar-refractivity contribution < 1.29 is 12.8 Å². The summed E-state index contributed by atoms with van der Waals surface area (Å²) in [4.78, 5) is -0.244. The summed E-state index contributed by atoms with van der Waals surface area (Å²) in [7, 11) is -3.59.